The first-order chi connectivity index (χ1) is 10.5. The van der Waals surface area contributed by atoms with Gasteiger partial charge < -0.3 is 15.4 Å². The molecule has 0 aliphatic carbocycles. The fourth-order valence-electron chi connectivity index (χ4n) is 1.93. The molecule has 0 atom stereocenters. The average molecular weight is 310 g/mol. The van der Waals surface area contributed by atoms with E-state index in [9.17, 15) is 13.2 Å². The summed E-state index contributed by atoms with van der Waals surface area (Å²) in [6.45, 7) is 1.09. The van der Waals surface area contributed by atoms with Gasteiger partial charge in [0, 0.05) is 24.5 Å². The van der Waals surface area contributed by atoms with Gasteiger partial charge in [0.2, 0.25) is 0 Å². The molecule has 3 nitrogen and oxygen atoms in total. The first-order valence-corrected chi connectivity index (χ1v) is 6.78. The standard InChI is InChI=1S/C16H17F3N2O/c1-22-15-7-5-13(6-8-15)20-9-10-21-14-4-2-3-12(11-14)16(17,18)19/h2-8,11,20-21H,9-10H2,1H3. The Morgan fingerprint density at radius 2 is 1.55 bits per heavy atom. The molecule has 0 saturated carbocycles. The van der Waals surface area contributed by atoms with Crippen LogP contribution in [0.4, 0.5) is 24.5 Å². The number of halogens is 3. The lowest BCUT2D eigenvalue weighted by atomic mass is 10.2. The molecule has 0 spiro atoms. The second-order valence-electron chi connectivity index (χ2n) is 4.66. The van der Waals surface area contributed by atoms with Crippen LogP contribution in [0.3, 0.4) is 0 Å². The molecular weight excluding hydrogens is 293 g/mol. The molecule has 118 valence electrons. The van der Waals surface area contributed by atoms with Gasteiger partial charge in [-0.25, -0.2) is 0 Å². The number of hydrogen-bond acceptors (Lipinski definition) is 3. The summed E-state index contributed by atoms with van der Waals surface area (Å²) in [5, 5.41) is 6.13. The molecule has 0 radical (unpaired) electrons. The molecule has 22 heavy (non-hydrogen) atoms. The van der Waals surface area contributed by atoms with Crippen LogP contribution in [0.2, 0.25) is 0 Å². The van der Waals surface area contributed by atoms with Crippen molar-refractivity contribution >= 4 is 11.4 Å². The van der Waals surface area contributed by atoms with Crippen LogP contribution < -0.4 is 15.4 Å². The van der Waals surface area contributed by atoms with E-state index in [1.54, 1.807) is 13.2 Å². The van der Waals surface area contributed by atoms with Crippen LogP contribution >= 0.6 is 0 Å². The van der Waals surface area contributed by atoms with E-state index in [0.717, 1.165) is 23.6 Å². The van der Waals surface area contributed by atoms with E-state index in [-0.39, 0.29) is 0 Å². The van der Waals surface area contributed by atoms with Crippen LogP contribution in [0, 0.1) is 0 Å². The number of alkyl halides is 3. The Labute approximate surface area is 127 Å². The maximum atomic E-state index is 12.6. The topological polar surface area (TPSA) is 33.3 Å². The Hall–Kier alpha value is -2.37. The van der Waals surface area contributed by atoms with Crippen LogP contribution in [0.15, 0.2) is 48.5 Å². The summed E-state index contributed by atoms with van der Waals surface area (Å²) in [4.78, 5) is 0. The molecule has 0 amide bonds. The summed E-state index contributed by atoms with van der Waals surface area (Å²) in [6.07, 6.45) is -4.32. The molecule has 0 aliphatic rings. The van der Waals surface area contributed by atoms with Gasteiger partial charge in [-0.15, -0.1) is 0 Å². The monoisotopic (exact) mass is 310 g/mol. The highest BCUT2D eigenvalue weighted by atomic mass is 19.4. The van der Waals surface area contributed by atoms with E-state index in [0.29, 0.717) is 18.8 Å². The number of anilines is 2. The average Bonchev–Trinajstić information content (AvgIpc) is 2.52. The van der Waals surface area contributed by atoms with Crippen molar-refractivity contribution in [2.45, 2.75) is 6.18 Å². The fraction of sp³-hybridized carbons (Fsp3) is 0.250. The van der Waals surface area contributed by atoms with Gasteiger partial charge in [0.25, 0.3) is 0 Å². The summed E-state index contributed by atoms with van der Waals surface area (Å²) in [6, 6.07) is 12.6. The largest absolute Gasteiger partial charge is 0.497 e. The molecule has 2 N–H and O–H groups in total. The maximum absolute atomic E-state index is 12.6. The van der Waals surface area contributed by atoms with Crippen LogP contribution in [-0.4, -0.2) is 20.2 Å². The van der Waals surface area contributed by atoms with E-state index in [1.165, 1.54) is 6.07 Å². The molecule has 2 rings (SSSR count). The van der Waals surface area contributed by atoms with Crippen molar-refractivity contribution in [3.05, 3.63) is 54.1 Å². The zero-order valence-corrected chi connectivity index (χ0v) is 12.1. The van der Waals surface area contributed by atoms with Crippen molar-refractivity contribution in [2.24, 2.45) is 0 Å². The van der Waals surface area contributed by atoms with E-state index >= 15 is 0 Å². The van der Waals surface area contributed by atoms with Gasteiger partial charge in [0.15, 0.2) is 0 Å². The molecule has 0 aliphatic heterocycles. The van der Waals surface area contributed by atoms with Crippen LogP contribution in [0.1, 0.15) is 5.56 Å². The first kappa shape index (κ1) is 16.0. The van der Waals surface area contributed by atoms with Crippen molar-refractivity contribution in [1.82, 2.24) is 0 Å². The summed E-state index contributed by atoms with van der Waals surface area (Å²) in [5.41, 5.74) is 0.721. The second-order valence-corrected chi connectivity index (χ2v) is 4.66. The summed E-state index contributed by atoms with van der Waals surface area (Å²) in [7, 11) is 1.60. The predicted octanol–water partition coefficient (Wildman–Crippen LogP) is 4.24. The SMILES string of the molecule is COc1ccc(NCCNc2cccc(C(F)(F)F)c2)cc1. The first-order valence-electron chi connectivity index (χ1n) is 6.78. The smallest absolute Gasteiger partial charge is 0.416 e. The molecule has 0 unspecified atom stereocenters. The van der Waals surface area contributed by atoms with Gasteiger partial charge in [-0.05, 0) is 42.5 Å². The minimum atomic E-state index is -4.32. The van der Waals surface area contributed by atoms with E-state index in [1.807, 2.05) is 24.3 Å². The van der Waals surface area contributed by atoms with Gasteiger partial charge in [0.1, 0.15) is 5.75 Å². The maximum Gasteiger partial charge on any atom is 0.416 e. The number of methoxy groups -OCH3 is 1. The van der Waals surface area contributed by atoms with E-state index < -0.39 is 11.7 Å². The minimum Gasteiger partial charge on any atom is -0.497 e. The Balaban J connectivity index is 1.81. The third-order valence-corrected chi connectivity index (χ3v) is 3.06. The van der Waals surface area contributed by atoms with Crippen LogP contribution in [-0.2, 0) is 6.18 Å². The molecule has 0 saturated heterocycles. The Kier molecular flexibility index (Phi) is 5.14. The van der Waals surface area contributed by atoms with Crippen LogP contribution in [0.5, 0.6) is 5.75 Å². The molecule has 2 aromatic rings. The number of benzene rings is 2. The molecular formula is C16H17F3N2O. The van der Waals surface area contributed by atoms with Crippen molar-refractivity contribution < 1.29 is 17.9 Å². The lowest BCUT2D eigenvalue weighted by Crippen LogP contribution is -2.14. The van der Waals surface area contributed by atoms with Crippen LogP contribution in [0.25, 0.3) is 0 Å². The summed E-state index contributed by atoms with van der Waals surface area (Å²) >= 11 is 0. The van der Waals surface area contributed by atoms with Crippen molar-refractivity contribution in [2.75, 3.05) is 30.8 Å². The zero-order valence-electron chi connectivity index (χ0n) is 12.1. The van der Waals surface area contributed by atoms with Crippen molar-refractivity contribution in [3.63, 3.8) is 0 Å². The minimum absolute atomic E-state index is 0.450. The molecule has 6 heteroatoms. The fourth-order valence-corrected chi connectivity index (χ4v) is 1.93. The lowest BCUT2D eigenvalue weighted by molar-refractivity contribution is -0.137. The quantitative estimate of drug-likeness (QED) is 0.783. The molecule has 0 aromatic heterocycles. The summed E-state index contributed by atoms with van der Waals surface area (Å²) in [5.74, 6) is 0.771. The highest BCUT2D eigenvalue weighted by Crippen LogP contribution is 2.30. The van der Waals surface area contributed by atoms with Gasteiger partial charge in [-0.1, -0.05) is 6.07 Å². The highest BCUT2D eigenvalue weighted by Gasteiger charge is 2.30. The molecule has 0 bridgehead atoms. The van der Waals surface area contributed by atoms with Gasteiger partial charge >= 0.3 is 6.18 Å². The Bertz CT molecular complexity index is 597. The second kappa shape index (κ2) is 7.06. The van der Waals surface area contributed by atoms with Gasteiger partial charge in [0.05, 0.1) is 12.7 Å². The number of ether oxygens (including phenoxy) is 1. The van der Waals surface area contributed by atoms with Gasteiger partial charge in [-0.2, -0.15) is 13.2 Å². The Morgan fingerprint density at radius 3 is 2.14 bits per heavy atom. The number of rotatable bonds is 6. The lowest BCUT2D eigenvalue weighted by Gasteiger charge is -2.11. The predicted molar refractivity (Wildman–Crippen MR) is 81.4 cm³/mol. The van der Waals surface area contributed by atoms with Gasteiger partial charge in [-0.3, -0.25) is 0 Å². The third kappa shape index (κ3) is 4.58. The van der Waals surface area contributed by atoms with E-state index in [4.69, 9.17) is 4.74 Å². The number of hydrogen-bond donors (Lipinski definition) is 2. The molecule has 2 aromatic carbocycles. The van der Waals surface area contributed by atoms with Crippen molar-refractivity contribution in [1.29, 1.82) is 0 Å². The zero-order chi connectivity index (χ0) is 16.0. The Morgan fingerprint density at radius 1 is 0.909 bits per heavy atom. The normalized spacial score (nSPS) is 11.1. The molecule has 0 heterocycles. The molecule has 0 fully saturated rings. The summed E-state index contributed by atoms with van der Waals surface area (Å²) < 4.78 is 42.8. The highest BCUT2D eigenvalue weighted by molar-refractivity contribution is 5.48. The van der Waals surface area contributed by atoms with Crippen molar-refractivity contribution in [3.8, 4) is 5.75 Å². The number of nitrogens with one attached hydrogen (secondary N) is 2. The third-order valence-electron chi connectivity index (χ3n) is 3.06. The van der Waals surface area contributed by atoms with E-state index in [2.05, 4.69) is 10.6 Å².